The molecule has 0 heterocycles. The summed E-state index contributed by atoms with van der Waals surface area (Å²) in [7, 11) is 0. The highest BCUT2D eigenvalue weighted by atomic mass is 16.3. The predicted octanol–water partition coefficient (Wildman–Crippen LogP) is 4.02. The maximum absolute atomic E-state index is 9.78. The fraction of sp³-hybridized carbons (Fsp3) is 1.00. The molecule has 0 radical (unpaired) electrons. The van der Waals surface area contributed by atoms with Gasteiger partial charge in [-0.3, -0.25) is 0 Å². The van der Waals surface area contributed by atoms with Crippen LogP contribution in [0.15, 0.2) is 0 Å². The van der Waals surface area contributed by atoms with Crippen molar-refractivity contribution >= 4 is 0 Å². The number of unbranched alkanes of at least 4 members (excludes halogenated alkanes) is 9. The SMILES string of the molecule is CCCCCCCCCCCCNC(C)(C(C)O)C(C)O. The summed E-state index contributed by atoms with van der Waals surface area (Å²) in [5.74, 6) is 0. The first-order valence-corrected chi connectivity index (χ1v) is 9.06. The monoisotopic (exact) mass is 301 g/mol. The molecule has 128 valence electrons. The van der Waals surface area contributed by atoms with Crippen LogP contribution in [-0.4, -0.2) is 34.5 Å². The fourth-order valence-corrected chi connectivity index (χ4v) is 2.61. The molecule has 3 nitrogen and oxygen atoms in total. The van der Waals surface area contributed by atoms with Crippen molar-refractivity contribution in [3.63, 3.8) is 0 Å². The van der Waals surface area contributed by atoms with E-state index in [4.69, 9.17) is 0 Å². The van der Waals surface area contributed by atoms with Gasteiger partial charge in [-0.2, -0.15) is 0 Å². The molecule has 2 unspecified atom stereocenters. The lowest BCUT2D eigenvalue weighted by Gasteiger charge is -2.36. The van der Waals surface area contributed by atoms with Gasteiger partial charge in [-0.25, -0.2) is 0 Å². The molecule has 0 aliphatic rings. The third-order valence-electron chi connectivity index (χ3n) is 4.77. The highest BCUT2D eigenvalue weighted by molar-refractivity contribution is 4.93. The van der Waals surface area contributed by atoms with Gasteiger partial charge in [0, 0.05) is 0 Å². The first-order chi connectivity index (χ1) is 9.95. The first kappa shape index (κ1) is 20.9. The quantitative estimate of drug-likeness (QED) is 0.425. The van der Waals surface area contributed by atoms with Crippen LogP contribution in [-0.2, 0) is 0 Å². The van der Waals surface area contributed by atoms with Crippen LogP contribution in [0.1, 0.15) is 91.9 Å². The third kappa shape index (κ3) is 9.49. The van der Waals surface area contributed by atoms with E-state index in [1.54, 1.807) is 13.8 Å². The van der Waals surface area contributed by atoms with Crippen molar-refractivity contribution in [3.8, 4) is 0 Å². The fourth-order valence-electron chi connectivity index (χ4n) is 2.61. The summed E-state index contributed by atoms with van der Waals surface area (Å²) in [6, 6.07) is 0. The normalized spacial score (nSPS) is 17.4. The van der Waals surface area contributed by atoms with Crippen molar-refractivity contribution < 1.29 is 10.2 Å². The summed E-state index contributed by atoms with van der Waals surface area (Å²) in [5, 5.41) is 22.9. The number of aliphatic hydroxyl groups is 2. The van der Waals surface area contributed by atoms with Gasteiger partial charge in [-0.05, 0) is 33.7 Å². The van der Waals surface area contributed by atoms with Gasteiger partial charge in [-0.1, -0.05) is 64.7 Å². The van der Waals surface area contributed by atoms with Crippen molar-refractivity contribution in [2.45, 2.75) is 110 Å². The lowest BCUT2D eigenvalue weighted by molar-refractivity contribution is -0.00515. The molecule has 0 aromatic rings. The Morgan fingerprint density at radius 1 is 0.762 bits per heavy atom. The Balaban J connectivity index is 3.47. The average Bonchev–Trinajstić information content (AvgIpc) is 2.44. The van der Waals surface area contributed by atoms with Gasteiger partial charge in [-0.15, -0.1) is 0 Å². The van der Waals surface area contributed by atoms with Crippen LogP contribution in [0.2, 0.25) is 0 Å². The summed E-state index contributed by atoms with van der Waals surface area (Å²) in [6.45, 7) is 8.48. The molecule has 3 heteroatoms. The Hall–Kier alpha value is -0.120. The molecule has 0 saturated carbocycles. The van der Waals surface area contributed by atoms with Crippen LogP contribution in [0.5, 0.6) is 0 Å². The van der Waals surface area contributed by atoms with E-state index in [-0.39, 0.29) is 0 Å². The first-order valence-electron chi connectivity index (χ1n) is 9.06. The minimum absolute atomic E-state index is 0.555. The van der Waals surface area contributed by atoms with Gasteiger partial charge in [0.2, 0.25) is 0 Å². The zero-order chi connectivity index (χ0) is 16.1. The van der Waals surface area contributed by atoms with Crippen LogP contribution in [0.4, 0.5) is 0 Å². The second kappa shape index (κ2) is 12.4. The van der Waals surface area contributed by atoms with Gasteiger partial charge in [0.15, 0.2) is 0 Å². The second-order valence-corrected chi connectivity index (χ2v) is 6.74. The highest BCUT2D eigenvalue weighted by Gasteiger charge is 2.34. The molecular formula is C18H39NO2. The molecule has 0 saturated heterocycles. The molecule has 0 rings (SSSR count). The van der Waals surface area contributed by atoms with Gasteiger partial charge in [0.05, 0.1) is 17.7 Å². The largest absolute Gasteiger partial charge is 0.391 e. The number of hydrogen-bond acceptors (Lipinski definition) is 3. The number of aliphatic hydroxyl groups excluding tert-OH is 2. The minimum atomic E-state index is -0.598. The molecule has 0 bridgehead atoms. The Kier molecular flexibility index (Phi) is 12.4. The molecule has 21 heavy (non-hydrogen) atoms. The van der Waals surface area contributed by atoms with Crippen LogP contribution >= 0.6 is 0 Å². The van der Waals surface area contributed by atoms with E-state index < -0.39 is 17.7 Å². The Labute approximate surface area is 132 Å². The van der Waals surface area contributed by atoms with Crippen molar-refractivity contribution in [1.29, 1.82) is 0 Å². The lowest BCUT2D eigenvalue weighted by Crippen LogP contribution is -2.58. The van der Waals surface area contributed by atoms with E-state index in [2.05, 4.69) is 12.2 Å². The summed E-state index contributed by atoms with van der Waals surface area (Å²) < 4.78 is 0. The van der Waals surface area contributed by atoms with Crippen LogP contribution in [0.25, 0.3) is 0 Å². The molecule has 3 N–H and O–H groups in total. The minimum Gasteiger partial charge on any atom is -0.391 e. The van der Waals surface area contributed by atoms with Crippen molar-refractivity contribution in [3.05, 3.63) is 0 Å². The van der Waals surface area contributed by atoms with Crippen molar-refractivity contribution in [2.24, 2.45) is 0 Å². The molecule has 0 spiro atoms. The standard InChI is InChI=1S/C18H39NO2/c1-5-6-7-8-9-10-11-12-13-14-15-19-18(4,16(2)20)17(3)21/h16-17,19-21H,5-15H2,1-4H3. The molecule has 0 aliphatic carbocycles. The smallest absolute Gasteiger partial charge is 0.0716 e. The van der Waals surface area contributed by atoms with Crippen LogP contribution < -0.4 is 5.32 Å². The molecule has 0 aliphatic heterocycles. The Bertz CT molecular complexity index is 221. The summed E-state index contributed by atoms with van der Waals surface area (Å²) in [6.07, 6.45) is 12.2. The molecule has 0 aromatic carbocycles. The lowest BCUT2D eigenvalue weighted by atomic mass is 9.90. The number of hydrogen-bond donors (Lipinski definition) is 3. The Morgan fingerprint density at radius 2 is 1.14 bits per heavy atom. The van der Waals surface area contributed by atoms with Gasteiger partial charge in [0.1, 0.15) is 0 Å². The molecule has 0 fully saturated rings. The number of rotatable bonds is 14. The highest BCUT2D eigenvalue weighted by Crippen LogP contribution is 2.16. The third-order valence-corrected chi connectivity index (χ3v) is 4.77. The molecule has 0 aromatic heterocycles. The summed E-state index contributed by atoms with van der Waals surface area (Å²) >= 11 is 0. The van der Waals surface area contributed by atoms with Gasteiger partial charge < -0.3 is 15.5 Å². The van der Waals surface area contributed by atoms with Gasteiger partial charge in [0.25, 0.3) is 0 Å². The van der Waals surface area contributed by atoms with E-state index in [1.165, 1.54) is 57.8 Å². The van der Waals surface area contributed by atoms with E-state index in [0.29, 0.717) is 0 Å². The zero-order valence-corrected chi connectivity index (χ0v) is 14.8. The zero-order valence-electron chi connectivity index (χ0n) is 14.8. The Morgan fingerprint density at radius 3 is 1.52 bits per heavy atom. The van der Waals surface area contributed by atoms with E-state index in [9.17, 15) is 10.2 Å². The maximum atomic E-state index is 9.78. The van der Waals surface area contributed by atoms with Crippen molar-refractivity contribution in [1.82, 2.24) is 5.32 Å². The topological polar surface area (TPSA) is 52.5 Å². The van der Waals surface area contributed by atoms with E-state index in [1.807, 2.05) is 6.92 Å². The molecule has 0 amide bonds. The van der Waals surface area contributed by atoms with Crippen LogP contribution in [0, 0.1) is 0 Å². The average molecular weight is 302 g/mol. The van der Waals surface area contributed by atoms with E-state index >= 15 is 0 Å². The maximum Gasteiger partial charge on any atom is 0.0716 e. The van der Waals surface area contributed by atoms with Gasteiger partial charge >= 0.3 is 0 Å². The summed E-state index contributed by atoms with van der Waals surface area (Å²) in [4.78, 5) is 0. The van der Waals surface area contributed by atoms with E-state index in [0.717, 1.165) is 13.0 Å². The number of nitrogens with one attached hydrogen (secondary N) is 1. The second-order valence-electron chi connectivity index (χ2n) is 6.74. The predicted molar refractivity (Wildman–Crippen MR) is 91.6 cm³/mol. The summed E-state index contributed by atoms with van der Waals surface area (Å²) in [5.41, 5.74) is -0.598. The van der Waals surface area contributed by atoms with Crippen molar-refractivity contribution in [2.75, 3.05) is 6.54 Å². The molecule has 2 atom stereocenters. The molecular weight excluding hydrogens is 262 g/mol. The van der Waals surface area contributed by atoms with Crippen LogP contribution in [0.3, 0.4) is 0 Å².